The topological polar surface area (TPSA) is 49.7 Å². The van der Waals surface area contributed by atoms with Crippen LogP contribution in [0.25, 0.3) is 11.3 Å². The first kappa shape index (κ1) is 18.9. The molecule has 2 aromatic rings. The minimum atomic E-state index is -0.0803. The molecule has 1 atom stereocenters. The number of nitrogens with zero attached hydrogens (tertiary/aromatic N) is 1. The number of aromatic nitrogens is 1. The average molecular weight is 395 g/mol. The van der Waals surface area contributed by atoms with Crippen LogP contribution < -0.4 is 10.3 Å². The van der Waals surface area contributed by atoms with E-state index in [1.54, 1.807) is 6.07 Å². The Morgan fingerprint density at radius 2 is 2.10 bits per heavy atom. The molecule has 0 unspecified atom stereocenters. The van der Waals surface area contributed by atoms with E-state index < -0.39 is 0 Å². The Balaban J connectivity index is 1.41. The van der Waals surface area contributed by atoms with Gasteiger partial charge in [0.2, 0.25) is 0 Å². The first-order chi connectivity index (χ1) is 14.2. The van der Waals surface area contributed by atoms with E-state index in [2.05, 4.69) is 25.1 Å². The number of pyridine rings is 1. The number of hydrogen-bond acceptors (Lipinski definition) is 4. The van der Waals surface area contributed by atoms with Crippen LogP contribution in [0.3, 0.4) is 0 Å². The molecule has 154 valence electrons. The van der Waals surface area contributed by atoms with Gasteiger partial charge < -0.3 is 18.8 Å². The number of hydrogen-bond donors (Lipinski definition) is 0. The number of ether oxygens (including phenoxy) is 3. The van der Waals surface area contributed by atoms with E-state index in [0.717, 1.165) is 36.6 Å². The van der Waals surface area contributed by atoms with Crippen LogP contribution in [0.4, 0.5) is 0 Å². The van der Waals surface area contributed by atoms with E-state index in [1.165, 1.54) is 36.0 Å². The Morgan fingerprint density at radius 1 is 1.21 bits per heavy atom. The summed E-state index contributed by atoms with van der Waals surface area (Å²) in [4.78, 5) is 12.8. The van der Waals surface area contributed by atoms with E-state index in [-0.39, 0.29) is 11.7 Å². The van der Waals surface area contributed by atoms with Gasteiger partial charge >= 0.3 is 0 Å². The zero-order valence-electron chi connectivity index (χ0n) is 17.1. The Hall–Kier alpha value is -2.11. The van der Waals surface area contributed by atoms with Crippen molar-refractivity contribution in [3.05, 3.63) is 51.3 Å². The number of fused-ring (bicyclic) bond motifs is 3. The number of rotatable bonds is 6. The molecule has 1 aliphatic carbocycles. The summed E-state index contributed by atoms with van der Waals surface area (Å²) in [5.41, 5.74) is 5.97. The molecule has 3 aliphatic rings. The quantitative estimate of drug-likeness (QED) is 0.751. The summed E-state index contributed by atoms with van der Waals surface area (Å²) >= 11 is 0. The molecule has 1 saturated heterocycles. The minimum Gasteiger partial charge on any atom is -0.490 e. The SMILES string of the molecule is Cc1c(OC[C@@H]2COCCO2)cc(=O)n2c1-c1ccc(CCC3CC3)cc1CC2. The van der Waals surface area contributed by atoms with E-state index in [1.807, 2.05) is 4.57 Å². The van der Waals surface area contributed by atoms with Gasteiger partial charge in [0.1, 0.15) is 18.5 Å². The second-order valence-corrected chi connectivity index (χ2v) is 8.57. The number of aryl methyl sites for hydroxylation is 2. The molecule has 0 spiro atoms. The van der Waals surface area contributed by atoms with Crippen LogP contribution in [0.1, 0.15) is 36.0 Å². The smallest absolute Gasteiger partial charge is 0.254 e. The molecule has 5 rings (SSSR count). The highest BCUT2D eigenvalue weighted by Gasteiger charge is 2.24. The van der Waals surface area contributed by atoms with Gasteiger partial charge in [-0.2, -0.15) is 0 Å². The Bertz CT molecular complexity index is 954. The van der Waals surface area contributed by atoms with Crippen LogP contribution in [0.5, 0.6) is 5.75 Å². The molecule has 5 nitrogen and oxygen atoms in total. The summed E-state index contributed by atoms with van der Waals surface area (Å²) in [6.45, 7) is 4.94. The maximum absolute atomic E-state index is 12.8. The summed E-state index contributed by atoms with van der Waals surface area (Å²) in [6, 6.07) is 8.42. The van der Waals surface area contributed by atoms with Crippen molar-refractivity contribution < 1.29 is 14.2 Å². The van der Waals surface area contributed by atoms with Crippen molar-refractivity contribution in [1.82, 2.24) is 4.57 Å². The lowest BCUT2D eigenvalue weighted by Gasteiger charge is -2.27. The maximum atomic E-state index is 12.8. The molecule has 0 N–H and O–H groups in total. The van der Waals surface area contributed by atoms with Crippen molar-refractivity contribution in [3.63, 3.8) is 0 Å². The molecule has 1 aromatic heterocycles. The molecule has 1 aromatic carbocycles. The molecule has 29 heavy (non-hydrogen) atoms. The van der Waals surface area contributed by atoms with Gasteiger partial charge in [0, 0.05) is 23.7 Å². The van der Waals surface area contributed by atoms with Gasteiger partial charge in [-0.25, -0.2) is 0 Å². The van der Waals surface area contributed by atoms with Crippen LogP contribution >= 0.6 is 0 Å². The Kier molecular flexibility index (Phi) is 5.18. The molecule has 5 heteroatoms. The summed E-state index contributed by atoms with van der Waals surface area (Å²) < 4.78 is 19.0. The van der Waals surface area contributed by atoms with Crippen LogP contribution in [0.15, 0.2) is 29.1 Å². The first-order valence-electron chi connectivity index (χ1n) is 10.9. The largest absolute Gasteiger partial charge is 0.490 e. The monoisotopic (exact) mass is 395 g/mol. The molecule has 0 amide bonds. The maximum Gasteiger partial charge on any atom is 0.254 e. The van der Waals surface area contributed by atoms with Crippen LogP contribution in [-0.4, -0.2) is 37.1 Å². The van der Waals surface area contributed by atoms with E-state index in [9.17, 15) is 4.79 Å². The van der Waals surface area contributed by atoms with Crippen molar-refractivity contribution in [2.45, 2.75) is 51.7 Å². The highest BCUT2D eigenvalue weighted by molar-refractivity contribution is 5.71. The summed E-state index contributed by atoms with van der Waals surface area (Å²) in [7, 11) is 0. The van der Waals surface area contributed by atoms with Crippen molar-refractivity contribution in [2.24, 2.45) is 5.92 Å². The molecule has 0 bridgehead atoms. The second-order valence-electron chi connectivity index (χ2n) is 8.57. The lowest BCUT2D eigenvalue weighted by Crippen LogP contribution is -2.34. The summed E-state index contributed by atoms with van der Waals surface area (Å²) in [6.07, 6.45) is 6.10. The Labute approximate surface area is 171 Å². The van der Waals surface area contributed by atoms with Gasteiger partial charge in [-0.3, -0.25) is 4.79 Å². The minimum absolute atomic E-state index is 0.00451. The molecule has 1 saturated carbocycles. The van der Waals surface area contributed by atoms with Crippen molar-refractivity contribution in [1.29, 1.82) is 0 Å². The zero-order chi connectivity index (χ0) is 19.8. The molecule has 2 aliphatic heterocycles. The van der Waals surface area contributed by atoms with Gasteiger partial charge in [-0.05, 0) is 43.2 Å². The fraction of sp³-hybridized carbons (Fsp3) is 0.542. The van der Waals surface area contributed by atoms with E-state index >= 15 is 0 Å². The zero-order valence-corrected chi connectivity index (χ0v) is 17.1. The highest BCUT2D eigenvalue weighted by Crippen LogP contribution is 2.37. The molecular formula is C24H29NO4. The lowest BCUT2D eigenvalue weighted by atomic mass is 9.91. The molecular weight excluding hydrogens is 366 g/mol. The predicted molar refractivity (Wildman–Crippen MR) is 112 cm³/mol. The van der Waals surface area contributed by atoms with E-state index in [4.69, 9.17) is 14.2 Å². The van der Waals surface area contributed by atoms with Gasteiger partial charge in [0.05, 0.1) is 25.5 Å². The van der Waals surface area contributed by atoms with Gasteiger partial charge in [-0.1, -0.05) is 31.0 Å². The molecule has 3 heterocycles. The van der Waals surface area contributed by atoms with Crippen molar-refractivity contribution >= 4 is 0 Å². The van der Waals surface area contributed by atoms with Gasteiger partial charge in [-0.15, -0.1) is 0 Å². The third-order valence-corrected chi connectivity index (χ3v) is 6.39. The summed E-state index contributed by atoms with van der Waals surface area (Å²) in [5, 5.41) is 0. The third kappa shape index (κ3) is 3.99. The fourth-order valence-corrected chi connectivity index (χ4v) is 4.51. The van der Waals surface area contributed by atoms with Gasteiger partial charge in [0.15, 0.2) is 0 Å². The van der Waals surface area contributed by atoms with Crippen molar-refractivity contribution in [3.8, 4) is 17.0 Å². The lowest BCUT2D eigenvalue weighted by molar-refractivity contribution is -0.101. The van der Waals surface area contributed by atoms with Gasteiger partial charge in [0.25, 0.3) is 5.56 Å². The average Bonchev–Trinajstić information content (AvgIpc) is 3.58. The fourth-order valence-electron chi connectivity index (χ4n) is 4.51. The van der Waals surface area contributed by atoms with Crippen LogP contribution in [-0.2, 0) is 28.9 Å². The molecule has 0 radical (unpaired) electrons. The summed E-state index contributed by atoms with van der Waals surface area (Å²) in [5.74, 6) is 1.60. The predicted octanol–water partition coefficient (Wildman–Crippen LogP) is 3.52. The third-order valence-electron chi connectivity index (χ3n) is 6.39. The first-order valence-corrected chi connectivity index (χ1v) is 10.9. The highest BCUT2D eigenvalue weighted by atomic mass is 16.6. The molecule has 2 fully saturated rings. The van der Waals surface area contributed by atoms with Crippen molar-refractivity contribution in [2.75, 3.05) is 26.4 Å². The normalized spacial score (nSPS) is 20.8. The Morgan fingerprint density at radius 3 is 2.90 bits per heavy atom. The number of benzene rings is 1. The van der Waals surface area contributed by atoms with E-state index in [0.29, 0.717) is 32.2 Å². The van der Waals surface area contributed by atoms with Crippen LogP contribution in [0.2, 0.25) is 0 Å². The van der Waals surface area contributed by atoms with Crippen LogP contribution in [0, 0.1) is 12.8 Å². The second kappa shape index (κ2) is 7.96. The standard InChI is InChI=1S/C24H29NO4/c1-16-22(29-15-20-14-27-10-11-28-20)13-23(26)25-9-8-19-12-18(5-4-17-2-3-17)6-7-21(19)24(16)25/h6-7,12-13,17,20H,2-5,8-11,14-15H2,1H3/t20-/m0/s1.